The highest BCUT2D eigenvalue weighted by atomic mass is 16.4. The molecule has 0 aliphatic carbocycles. The lowest BCUT2D eigenvalue weighted by Gasteiger charge is -2.11. The molecule has 1 amide bonds. The van der Waals surface area contributed by atoms with E-state index in [1.807, 2.05) is 19.9 Å². The van der Waals surface area contributed by atoms with Gasteiger partial charge in [0.1, 0.15) is 5.69 Å². The van der Waals surface area contributed by atoms with E-state index in [4.69, 9.17) is 10.9 Å². The number of amides is 1. The monoisotopic (exact) mass is 284 g/mol. The molecule has 1 aromatic heterocycles. The van der Waals surface area contributed by atoms with E-state index in [1.54, 1.807) is 30.5 Å². The first-order valence-electron chi connectivity index (χ1n) is 6.34. The average Bonchev–Trinajstić information content (AvgIpc) is 2.49. The van der Waals surface area contributed by atoms with Gasteiger partial charge in [-0.05, 0) is 37.1 Å². The smallest absolute Gasteiger partial charge is 0.274 e. The number of benzene rings is 1. The van der Waals surface area contributed by atoms with Crippen molar-refractivity contribution in [1.82, 2.24) is 4.98 Å². The van der Waals surface area contributed by atoms with Crippen molar-refractivity contribution in [2.24, 2.45) is 10.9 Å². The summed E-state index contributed by atoms with van der Waals surface area (Å²) in [5.41, 5.74) is 8.70. The third kappa shape index (κ3) is 3.17. The van der Waals surface area contributed by atoms with Gasteiger partial charge in [0.2, 0.25) is 0 Å². The molecule has 6 nitrogen and oxygen atoms in total. The largest absolute Gasteiger partial charge is 0.409 e. The molecule has 0 aliphatic rings. The van der Waals surface area contributed by atoms with Crippen LogP contribution in [-0.4, -0.2) is 21.9 Å². The van der Waals surface area contributed by atoms with Crippen molar-refractivity contribution in [3.8, 4) is 0 Å². The van der Waals surface area contributed by atoms with Crippen LogP contribution in [0.15, 0.2) is 41.7 Å². The fourth-order valence-corrected chi connectivity index (χ4v) is 1.88. The van der Waals surface area contributed by atoms with Gasteiger partial charge in [-0.1, -0.05) is 23.4 Å². The first-order valence-corrected chi connectivity index (χ1v) is 6.34. The maximum absolute atomic E-state index is 12.3. The maximum atomic E-state index is 12.3. The van der Waals surface area contributed by atoms with Gasteiger partial charge in [-0.3, -0.25) is 9.78 Å². The molecule has 0 aliphatic heterocycles. The van der Waals surface area contributed by atoms with Crippen molar-refractivity contribution in [2.75, 3.05) is 5.32 Å². The van der Waals surface area contributed by atoms with Gasteiger partial charge >= 0.3 is 0 Å². The molecule has 21 heavy (non-hydrogen) atoms. The average molecular weight is 284 g/mol. The van der Waals surface area contributed by atoms with Crippen molar-refractivity contribution in [3.63, 3.8) is 0 Å². The quantitative estimate of drug-likeness (QED) is 0.347. The van der Waals surface area contributed by atoms with Crippen molar-refractivity contribution in [2.45, 2.75) is 13.8 Å². The molecule has 108 valence electrons. The number of nitrogens with zero attached hydrogens (tertiary/aromatic N) is 2. The summed E-state index contributed by atoms with van der Waals surface area (Å²) in [6.45, 7) is 3.68. The van der Waals surface area contributed by atoms with Crippen LogP contribution < -0.4 is 11.1 Å². The van der Waals surface area contributed by atoms with E-state index in [9.17, 15) is 4.79 Å². The molecule has 0 bridgehead atoms. The van der Waals surface area contributed by atoms with Gasteiger partial charge in [-0.15, -0.1) is 0 Å². The Labute approximate surface area is 122 Å². The van der Waals surface area contributed by atoms with Crippen LogP contribution in [0.3, 0.4) is 0 Å². The fraction of sp³-hybridized carbons (Fsp3) is 0.133. The number of anilines is 1. The maximum Gasteiger partial charge on any atom is 0.274 e. The SMILES string of the molecule is Cc1ccc(C(N)=NO)cc1NC(=O)c1ncccc1C. The van der Waals surface area contributed by atoms with Crippen molar-refractivity contribution < 1.29 is 10.0 Å². The minimum atomic E-state index is -0.298. The Morgan fingerprint density at radius 3 is 2.71 bits per heavy atom. The van der Waals surface area contributed by atoms with E-state index in [0.29, 0.717) is 16.9 Å². The third-order valence-electron chi connectivity index (χ3n) is 3.11. The van der Waals surface area contributed by atoms with Gasteiger partial charge in [0.15, 0.2) is 5.84 Å². The van der Waals surface area contributed by atoms with Gasteiger partial charge in [0.05, 0.1) is 0 Å². The summed E-state index contributed by atoms with van der Waals surface area (Å²) in [7, 11) is 0. The summed E-state index contributed by atoms with van der Waals surface area (Å²) >= 11 is 0. The number of amidine groups is 1. The topological polar surface area (TPSA) is 101 Å². The lowest BCUT2D eigenvalue weighted by Crippen LogP contribution is -2.17. The summed E-state index contributed by atoms with van der Waals surface area (Å²) in [5, 5.41) is 14.5. The summed E-state index contributed by atoms with van der Waals surface area (Å²) in [6.07, 6.45) is 1.57. The third-order valence-corrected chi connectivity index (χ3v) is 3.11. The Balaban J connectivity index is 2.31. The molecule has 0 fully saturated rings. The van der Waals surface area contributed by atoms with E-state index >= 15 is 0 Å². The number of pyridine rings is 1. The molecule has 0 spiro atoms. The number of carbonyl (C=O) groups excluding carboxylic acids is 1. The van der Waals surface area contributed by atoms with Gasteiger partial charge in [0.25, 0.3) is 5.91 Å². The van der Waals surface area contributed by atoms with Crippen molar-refractivity contribution in [3.05, 3.63) is 58.9 Å². The Morgan fingerprint density at radius 2 is 2.05 bits per heavy atom. The van der Waals surface area contributed by atoms with Crippen LogP contribution >= 0.6 is 0 Å². The van der Waals surface area contributed by atoms with E-state index < -0.39 is 0 Å². The predicted octanol–water partition coefficient (Wildman–Crippen LogP) is 2.05. The highest BCUT2D eigenvalue weighted by Gasteiger charge is 2.12. The minimum absolute atomic E-state index is 0.0143. The zero-order valence-electron chi connectivity index (χ0n) is 11.8. The zero-order chi connectivity index (χ0) is 15.4. The number of aryl methyl sites for hydroxylation is 2. The summed E-state index contributed by atoms with van der Waals surface area (Å²) in [5.74, 6) is -0.313. The van der Waals surface area contributed by atoms with Crippen LogP contribution in [0.2, 0.25) is 0 Å². The molecule has 0 unspecified atom stereocenters. The molecule has 2 rings (SSSR count). The molecule has 1 aromatic carbocycles. The van der Waals surface area contributed by atoms with Crippen molar-refractivity contribution in [1.29, 1.82) is 0 Å². The van der Waals surface area contributed by atoms with Gasteiger partial charge in [0, 0.05) is 17.4 Å². The Kier molecular flexibility index (Phi) is 4.18. The lowest BCUT2D eigenvalue weighted by molar-refractivity contribution is 0.102. The first-order chi connectivity index (χ1) is 10.0. The number of nitrogens with two attached hydrogens (primary N) is 1. The second-order valence-corrected chi connectivity index (χ2v) is 4.64. The van der Waals surface area contributed by atoms with Crippen LogP contribution in [0, 0.1) is 13.8 Å². The standard InChI is InChI=1S/C15H16N4O2/c1-9-5-6-11(14(16)19-21)8-12(9)18-15(20)13-10(2)4-3-7-17-13/h3-8,21H,1-2H3,(H2,16,19)(H,18,20). The van der Waals surface area contributed by atoms with Crippen LogP contribution in [0.5, 0.6) is 0 Å². The molecule has 0 saturated heterocycles. The number of hydrogen-bond acceptors (Lipinski definition) is 4. The van der Waals surface area contributed by atoms with E-state index in [-0.39, 0.29) is 11.7 Å². The number of nitrogens with one attached hydrogen (secondary N) is 1. The van der Waals surface area contributed by atoms with Gasteiger partial charge in [-0.25, -0.2) is 0 Å². The number of oxime groups is 1. The first kappa shape index (κ1) is 14.5. The second kappa shape index (κ2) is 6.04. The molecule has 0 radical (unpaired) electrons. The molecular weight excluding hydrogens is 268 g/mol. The normalized spacial score (nSPS) is 11.2. The molecule has 2 aromatic rings. The molecule has 4 N–H and O–H groups in total. The number of aromatic nitrogens is 1. The summed E-state index contributed by atoms with van der Waals surface area (Å²) in [4.78, 5) is 16.3. The molecule has 0 saturated carbocycles. The van der Waals surface area contributed by atoms with Crippen LogP contribution in [0.4, 0.5) is 5.69 Å². The van der Waals surface area contributed by atoms with Crippen LogP contribution in [0.25, 0.3) is 0 Å². The van der Waals surface area contributed by atoms with Crippen LogP contribution in [-0.2, 0) is 0 Å². The van der Waals surface area contributed by atoms with E-state index in [2.05, 4.69) is 15.5 Å². The second-order valence-electron chi connectivity index (χ2n) is 4.64. The summed E-state index contributed by atoms with van der Waals surface area (Å²) < 4.78 is 0. The van der Waals surface area contributed by atoms with E-state index in [1.165, 1.54) is 0 Å². The molecule has 0 atom stereocenters. The Bertz CT molecular complexity index is 711. The van der Waals surface area contributed by atoms with Gasteiger partial charge in [-0.2, -0.15) is 0 Å². The Morgan fingerprint density at radius 1 is 1.29 bits per heavy atom. The fourth-order valence-electron chi connectivity index (χ4n) is 1.88. The minimum Gasteiger partial charge on any atom is -0.409 e. The molecule has 6 heteroatoms. The summed E-state index contributed by atoms with van der Waals surface area (Å²) in [6, 6.07) is 8.75. The zero-order valence-corrected chi connectivity index (χ0v) is 11.8. The van der Waals surface area contributed by atoms with E-state index in [0.717, 1.165) is 11.1 Å². The highest BCUT2D eigenvalue weighted by molar-refractivity contribution is 6.05. The van der Waals surface area contributed by atoms with Crippen molar-refractivity contribution >= 4 is 17.4 Å². The highest BCUT2D eigenvalue weighted by Crippen LogP contribution is 2.18. The van der Waals surface area contributed by atoms with Gasteiger partial charge < -0.3 is 16.3 Å². The molecule has 1 heterocycles. The number of rotatable bonds is 3. The number of carbonyl (C=O) groups is 1. The Hall–Kier alpha value is -2.89. The molecular formula is C15H16N4O2. The lowest BCUT2D eigenvalue weighted by atomic mass is 10.1. The van der Waals surface area contributed by atoms with Crippen LogP contribution in [0.1, 0.15) is 27.2 Å². The number of hydrogen-bond donors (Lipinski definition) is 3. The predicted molar refractivity (Wildman–Crippen MR) is 80.6 cm³/mol.